The predicted octanol–water partition coefficient (Wildman–Crippen LogP) is 8.17. The molecular weight excluding hydrogens is 452 g/mol. The molecular formula is C23H15Cl2F3OS. The van der Waals surface area contributed by atoms with Crippen LogP contribution in [-0.2, 0) is 11.9 Å². The maximum atomic E-state index is 13.0. The number of halogens is 5. The van der Waals surface area contributed by atoms with Gasteiger partial charge in [0.1, 0.15) is 0 Å². The van der Waals surface area contributed by atoms with E-state index in [1.54, 1.807) is 42.5 Å². The van der Waals surface area contributed by atoms with Gasteiger partial charge in [-0.05, 0) is 65.7 Å². The molecule has 0 aliphatic rings. The maximum absolute atomic E-state index is 13.0. The van der Waals surface area contributed by atoms with E-state index in [0.717, 1.165) is 17.7 Å². The summed E-state index contributed by atoms with van der Waals surface area (Å²) in [6.07, 6.45) is -2.81. The monoisotopic (exact) mass is 466 g/mol. The van der Waals surface area contributed by atoms with E-state index in [1.165, 1.54) is 23.9 Å². The quantitative estimate of drug-likeness (QED) is 0.269. The van der Waals surface area contributed by atoms with E-state index in [-0.39, 0.29) is 5.78 Å². The lowest BCUT2D eigenvalue weighted by molar-refractivity contribution is -0.137. The Morgan fingerprint density at radius 3 is 1.90 bits per heavy atom. The van der Waals surface area contributed by atoms with Crippen molar-refractivity contribution in [3.8, 4) is 0 Å². The fraction of sp³-hybridized carbons (Fsp3) is 0.0870. The van der Waals surface area contributed by atoms with Crippen molar-refractivity contribution in [3.63, 3.8) is 0 Å². The summed E-state index contributed by atoms with van der Waals surface area (Å²) in [5.41, 5.74) is 1.18. The standard InChI is InChI=1S/C23H15Cl2F3OS/c24-19-9-3-16(4-10-19)14-30-21(22(29)17-5-11-20(25)12-6-17)13-15-1-7-18(8-2-15)23(26,27)28/h1-13H,14H2/b21-13+. The number of carbonyl (C=O) groups excluding carboxylic acids is 1. The Bertz CT molecular complexity index is 1040. The van der Waals surface area contributed by atoms with Crippen molar-refractivity contribution in [2.24, 2.45) is 0 Å². The molecule has 0 unspecified atom stereocenters. The molecule has 0 aliphatic carbocycles. The topological polar surface area (TPSA) is 17.1 Å². The zero-order valence-corrected chi connectivity index (χ0v) is 17.7. The minimum atomic E-state index is -4.41. The van der Waals surface area contributed by atoms with Gasteiger partial charge in [0.2, 0.25) is 0 Å². The van der Waals surface area contributed by atoms with E-state index >= 15 is 0 Å². The molecule has 0 aromatic heterocycles. The molecule has 0 radical (unpaired) electrons. The number of alkyl halides is 3. The third-order valence-electron chi connectivity index (χ3n) is 4.17. The van der Waals surface area contributed by atoms with Gasteiger partial charge in [-0.25, -0.2) is 0 Å². The zero-order chi connectivity index (χ0) is 21.7. The van der Waals surface area contributed by atoms with E-state index in [0.29, 0.717) is 31.8 Å². The smallest absolute Gasteiger partial charge is 0.288 e. The van der Waals surface area contributed by atoms with Crippen LogP contribution in [-0.4, -0.2) is 5.78 Å². The average Bonchev–Trinajstić information content (AvgIpc) is 2.72. The van der Waals surface area contributed by atoms with Crippen molar-refractivity contribution in [2.45, 2.75) is 11.9 Å². The first kappa shape index (κ1) is 22.5. The molecule has 0 spiro atoms. The molecule has 7 heteroatoms. The fourth-order valence-electron chi connectivity index (χ4n) is 2.58. The molecule has 0 aliphatic heterocycles. The van der Waals surface area contributed by atoms with Crippen molar-refractivity contribution in [1.29, 1.82) is 0 Å². The predicted molar refractivity (Wildman–Crippen MR) is 118 cm³/mol. The van der Waals surface area contributed by atoms with Gasteiger partial charge >= 0.3 is 6.18 Å². The van der Waals surface area contributed by atoms with E-state index in [2.05, 4.69) is 0 Å². The SMILES string of the molecule is O=C(/C(=C\c1ccc(C(F)(F)F)cc1)SCc1ccc(Cl)cc1)c1ccc(Cl)cc1. The van der Waals surface area contributed by atoms with E-state index in [1.807, 2.05) is 12.1 Å². The molecule has 154 valence electrons. The Labute approximate surface area is 186 Å². The van der Waals surface area contributed by atoms with Gasteiger partial charge in [-0.1, -0.05) is 47.5 Å². The number of benzene rings is 3. The van der Waals surface area contributed by atoms with Crippen LogP contribution in [0, 0.1) is 0 Å². The first-order valence-electron chi connectivity index (χ1n) is 8.79. The summed E-state index contributed by atoms with van der Waals surface area (Å²) in [7, 11) is 0. The molecule has 0 heterocycles. The van der Waals surface area contributed by atoms with Crippen molar-refractivity contribution in [1.82, 2.24) is 0 Å². The number of Topliss-reactive ketones (excluding diaryl/α,β-unsaturated/α-hetero) is 1. The minimum absolute atomic E-state index is 0.231. The lowest BCUT2D eigenvalue weighted by atomic mass is 10.1. The highest BCUT2D eigenvalue weighted by Gasteiger charge is 2.29. The normalized spacial score (nSPS) is 12.1. The Balaban J connectivity index is 1.89. The zero-order valence-electron chi connectivity index (χ0n) is 15.4. The fourth-order valence-corrected chi connectivity index (χ4v) is 3.81. The van der Waals surface area contributed by atoms with Crippen molar-refractivity contribution >= 4 is 46.8 Å². The summed E-state index contributed by atoms with van der Waals surface area (Å²) in [6, 6.07) is 18.4. The number of ketones is 1. The van der Waals surface area contributed by atoms with Gasteiger partial charge in [0, 0.05) is 21.4 Å². The van der Waals surface area contributed by atoms with E-state index < -0.39 is 11.7 Å². The number of hydrogen-bond acceptors (Lipinski definition) is 2. The molecule has 0 saturated carbocycles. The van der Waals surface area contributed by atoms with Gasteiger partial charge in [-0.3, -0.25) is 4.79 Å². The second-order valence-corrected chi connectivity index (χ2v) is 8.27. The molecule has 3 aromatic carbocycles. The summed E-state index contributed by atoms with van der Waals surface area (Å²) in [4.78, 5) is 13.4. The highest BCUT2D eigenvalue weighted by Crippen LogP contribution is 2.31. The maximum Gasteiger partial charge on any atom is 0.416 e. The number of allylic oxidation sites excluding steroid dienone is 1. The highest BCUT2D eigenvalue weighted by molar-refractivity contribution is 8.03. The van der Waals surface area contributed by atoms with Crippen LogP contribution >= 0.6 is 35.0 Å². The van der Waals surface area contributed by atoms with Crippen molar-refractivity contribution in [3.05, 3.63) is 110 Å². The minimum Gasteiger partial charge on any atom is -0.288 e. The van der Waals surface area contributed by atoms with Crippen LogP contribution in [0.25, 0.3) is 6.08 Å². The summed E-state index contributed by atoms with van der Waals surface area (Å²) in [6.45, 7) is 0. The van der Waals surface area contributed by atoms with Crippen LogP contribution in [0.2, 0.25) is 10.0 Å². The van der Waals surface area contributed by atoms with Crippen LogP contribution in [0.5, 0.6) is 0 Å². The van der Waals surface area contributed by atoms with Gasteiger partial charge in [-0.2, -0.15) is 13.2 Å². The Morgan fingerprint density at radius 1 is 0.833 bits per heavy atom. The number of carbonyl (C=O) groups is 1. The second kappa shape index (κ2) is 9.73. The van der Waals surface area contributed by atoms with Crippen molar-refractivity contribution in [2.75, 3.05) is 0 Å². The number of hydrogen-bond donors (Lipinski definition) is 0. The lowest BCUT2D eigenvalue weighted by Crippen LogP contribution is -2.04. The van der Waals surface area contributed by atoms with E-state index in [9.17, 15) is 18.0 Å². The number of rotatable bonds is 6. The van der Waals surface area contributed by atoms with Crippen LogP contribution in [0.3, 0.4) is 0 Å². The van der Waals surface area contributed by atoms with Gasteiger partial charge in [0.25, 0.3) is 0 Å². The lowest BCUT2D eigenvalue weighted by Gasteiger charge is -2.09. The van der Waals surface area contributed by atoms with Crippen molar-refractivity contribution < 1.29 is 18.0 Å². The molecule has 0 fully saturated rings. The molecule has 30 heavy (non-hydrogen) atoms. The molecule has 0 N–H and O–H groups in total. The summed E-state index contributed by atoms with van der Waals surface area (Å²) in [5, 5.41) is 1.12. The van der Waals surface area contributed by atoms with Crippen LogP contribution in [0.4, 0.5) is 13.2 Å². The first-order valence-corrected chi connectivity index (χ1v) is 10.5. The molecule has 0 saturated heterocycles. The first-order chi connectivity index (χ1) is 14.2. The molecule has 1 nitrogen and oxygen atoms in total. The largest absolute Gasteiger partial charge is 0.416 e. The number of thioether (sulfide) groups is 1. The Kier molecular flexibility index (Phi) is 7.29. The van der Waals surface area contributed by atoms with Gasteiger partial charge in [0.05, 0.1) is 10.5 Å². The molecule has 3 aromatic rings. The van der Waals surface area contributed by atoms with E-state index in [4.69, 9.17) is 23.2 Å². The molecule has 3 rings (SSSR count). The molecule has 0 amide bonds. The molecule has 0 bridgehead atoms. The second-order valence-electron chi connectivity index (χ2n) is 6.38. The summed E-state index contributed by atoms with van der Waals surface area (Å²) in [5.74, 6) is 0.272. The summed E-state index contributed by atoms with van der Waals surface area (Å²) >= 11 is 13.1. The third kappa shape index (κ3) is 6.14. The van der Waals surface area contributed by atoms with Crippen LogP contribution in [0.1, 0.15) is 27.0 Å². The van der Waals surface area contributed by atoms with Crippen LogP contribution in [0.15, 0.2) is 77.7 Å². The molecule has 0 atom stereocenters. The Hall–Kier alpha value is -2.21. The highest BCUT2D eigenvalue weighted by atomic mass is 35.5. The average molecular weight is 467 g/mol. The van der Waals surface area contributed by atoms with Crippen LogP contribution < -0.4 is 0 Å². The third-order valence-corrected chi connectivity index (χ3v) is 5.77. The van der Waals surface area contributed by atoms with Gasteiger partial charge < -0.3 is 0 Å². The van der Waals surface area contributed by atoms with Gasteiger partial charge in [0.15, 0.2) is 5.78 Å². The van der Waals surface area contributed by atoms with Gasteiger partial charge in [-0.15, -0.1) is 11.8 Å². The summed E-state index contributed by atoms with van der Waals surface area (Å²) < 4.78 is 38.4. The Morgan fingerprint density at radius 2 is 1.37 bits per heavy atom.